The molecule has 104 valence electrons. The van der Waals surface area contributed by atoms with E-state index in [4.69, 9.17) is 10.2 Å². The van der Waals surface area contributed by atoms with Crippen LogP contribution in [0.4, 0.5) is 0 Å². The van der Waals surface area contributed by atoms with E-state index in [9.17, 15) is 14.4 Å². The van der Waals surface area contributed by atoms with Crippen molar-refractivity contribution < 1.29 is 19.8 Å². The van der Waals surface area contributed by atoms with Crippen LogP contribution in [0.5, 0.6) is 0 Å². The third-order valence-electron chi connectivity index (χ3n) is 2.74. The molecule has 20 heavy (non-hydrogen) atoms. The van der Waals surface area contributed by atoms with Gasteiger partial charge in [-0.2, -0.15) is 0 Å². The van der Waals surface area contributed by atoms with Gasteiger partial charge in [-0.05, 0) is 6.07 Å². The fraction of sp³-hybridized carbons (Fsp3) is 0.154. The molecule has 0 saturated carbocycles. The number of aliphatic hydroxyl groups excluding tert-OH is 1. The Balaban J connectivity index is 2.30. The molecule has 1 aromatic heterocycles. The van der Waals surface area contributed by atoms with E-state index < -0.39 is 30.1 Å². The third-order valence-corrected chi connectivity index (χ3v) is 2.74. The Bertz CT molecular complexity index is 722. The fourth-order valence-corrected chi connectivity index (χ4v) is 1.76. The summed E-state index contributed by atoms with van der Waals surface area (Å²) in [7, 11) is 0. The van der Waals surface area contributed by atoms with Crippen molar-refractivity contribution in [2.75, 3.05) is 6.54 Å². The number of benzene rings is 1. The van der Waals surface area contributed by atoms with Gasteiger partial charge < -0.3 is 20.5 Å². The van der Waals surface area contributed by atoms with E-state index in [-0.39, 0.29) is 5.56 Å². The van der Waals surface area contributed by atoms with Gasteiger partial charge in [0.15, 0.2) is 6.10 Å². The lowest BCUT2D eigenvalue weighted by atomic mass is 10.1. The molecule has 1 aromatic carbocycles. The van der Waals surface area contributed by atoms with Crippen LogP contribution in [-0.4, -0.2) is 39.7 Å². The zero-order valence-electron chi connectivity index (χ0n) is 10.3. The number of hydrogen-bond donors (Lipinski definition) is 4. The second-order valence-corrected chi connectivity index (χ2v) is 4.16. The quantitative estimate of drug-likeness (QED) is 0.611. The number of carboxylic acids is 1. The van der Waals surface area contributed by atoms with Crippen molar-refractivity contribution in [1.29, 1.82) is 0 Å². The van der Waals surface area contributed by atoms with Crippen molar-refractivity contribution in [1.82, 2.24) is 10.3 Å². The van der Waals surface area contributed by atoms with Gasteiger partial charge in [0.25, 0.3) is 5.91 Å². The van der Waals surface area contributed by atoms with Gasteiger partial charge in [0.1, 0.15) is 0 Å². The number of fused-ring (bicyclic) bond motifs is 1. The highest BCUT2D eigenvalue weighted by Crippen LogP contribution is 2.14. The van der Waals surface area contributed by atoms with Crippen molar-refractivity contribution >= 4 is 22.8 Å². The van der Waals surface area contributed by atoms with Gasteiger partial charge in [-0.1, -0.05) is 18.2 Å². The van der Waals surface area contributed by atoms with Crippen molar-refractivity contribution in [2.45, 2.75) is 6.10 Å². The average molecular weight is 276 g/mol. The maximum Gasteiger partial charge on any atom is 0.334 e. The highest BCUT2D eigenvalue weighted by molar-refractivity contribution is 6.06. The Kier molecular flexibility index (Phi) is 3.81. The lowest BCUT2D eigenvalue weighted by Gasteiger charge is -2.09. The zero-order chi connectivity index (χ0) is 14.7. The highest BCUT2D eigenvalue weighted by atomic mass is 16.4. The second-order valence-electron chi connectivity index (χ2n) is 4.16. The SMILES string of the molecule is O=C(NCC(O)C(=O)O)c1cc(=O)[nH]c2ccccc12. The number of carbonyl (C=O) groups excluding carboxylic acids is 1. The van der Waals surface area contributed by atoms with Crippen molar-refractivity contribution in [3.05, 3.63) is 46.2 Å². The van der Waals surface area contributed by atoms with Crippen LogP contribution in [0.1, 0.15) is 10.4 Å². The molecule has 1 heterocycles. The number of aliphatic carboxylic acids is 1. The number of carbonyl (C=O) groups is 2. The lowest BCUT2D eigenvalue weighted by Crippen LogP contribution is -2.36. The molecular weight excluding hydrogens is 264 g/mol. The first-order chi connectivity index (χ1) is 9.49. The van der Waals surface area contributed by atoms with Gasteiger partial charge in [0, 0.05) is 17.0 Å². The van der Waals surface area contributed by atoms with Crippen molar-refractivity contribution in [3.63, 3.8) is 0 Å². The standard InChI is InChI=1S/C13H12N2O5/c16-10(13(19)20)6-14-12(18)8-5-11(17)15-9-4-2-1-3-7(8)9/h1-5,10,16H,6H2,(H,14,18)(H,15,17)(H,19,20). The Morgan fingerprint density at radius 1 is 1.30 bits per heavy atom. The normalized spacial score (nSPS) is 12.1. The van der Waals surface area contributed by atoms with Crippen LogP contribution in [0.25, 0.3) is 10.9 Å². The predicted molar refractivity (Wildman–Crippen MR) is 70.5 cm³/mol. The van der Waals surface area contributed by atoms with E-state index in [1.54, 1.807) is 24.3 Å². The van der Waals surface area contributed by atoms with Crippen LogP contribution >= 0.6 is 0 Å². The molecule has 1 atom stereocenters. The summed E-state index contributed by atoms with van der Waals surface area (Å²) in [5.41, 5.74) is 0.193. The molecular formula is C13H12N2O5. The Hall–Kier alpha value is -2.67. The minimum absolute atomic E-state index is 0.127. The predicted octanol–water partition coefficient (Wildman–Crippen LogP) is -0.297. The molecule has 0 fully saturated rings. The summed E-state index contributed by atoms with van der Waals surface area (Å²) in [5.74, 6) is -2.05. The number of aromatic amines is 1. The van der Waals surface area contributed by atoms with Crippen LogP contribution in [-0.2, 0) is 4.79 Å². The molecule has 0 bridgehead atoms. The van der Waals surface area contributed by atoms with Crippen LogP contribution in [0.15, 0.2) is 35.1 Å². The first kappa shape index (κ1) is 13.8. The Labute approximate surface area is 112 Å². The molecule has 0 spiro atoms. The number of para-hydroxylation sites is 1. The summed E-state index contributed by atoms with van der Waals surface area (Å²) >= 11 is 0. The van der Waals surface area contributed by atoms with Gasteiger partial charge in [-0.3, -0.25) is 9.59 Å². The summed E-state index contributed by atoms with van der Waals surface area (Å²) in [6.07, 6.45) is -1.69. The van der Waals surface area contributed by atoms with Gasteiger partial charge in [-0.25, -0.2) is 4.79 Å². The molecule has 0 aliphatic heterocycles. The Morgan fingerprint density at radius 3 is 2.70 bits per heavy atom. The molecule has 2 rings (SSSR count). The van der Waals surface area contributed by atoms with E-state index in [1.165, 1.54) is 0 Å². The monoisotopic (exact) mass is 276 g/mol. The largest absolute Gasteiger partial charge is 0.479 e. The maximum atomic E-state index is 12.0. The number of carboxylic acid groups (broad SMARTS) is 1. The number of amides is 1. The average Bonchev–Trinajstić information content (AvgIpc) is 2.43. The molecule has 2 aromatic rings. The Morgan fingerprint density at radius 2 is 2.00 bits per heavy atom. The highest BCUT2D eigenvalue weighted by Gasteiger charge is 2.16. The number of nitrogens with one attached hydrogen (secondary N) is 2. The van der Waals surface area contributed by atoms with Crippen molar-refractivity contribution in [2.24, 2.45) is 0 Å². The maximum absolute atomic E-state index is 12.0. The number of aromatic nitrogens is 1. The van der Waals surface area contributed by atoms with E-state index >= 15 is 0 Å². The molecule has 7 nitrogen and oxygen atoms in total. The molecule has 0 radical (unpaired) electrons. The van der Waals surface area contributed by atoms with Gasteiger partial charge in [0.2, 0.25) is 5.56 Å². The number of hydrogen-bond acceptors (Lipinski definition) is 4. The molecule has 1 unspecified atom stereocenters. The van der Waals surface area contributed by atoms with E-state index in [0.717, 1.165) is 6.07 Å². The third kappa shape index (κ3) is 2.83. The molecule has 7 heteroatoms. The topological polar surface area (TPSA) is 119 Å². The first-order valence-electron chi connectivity index (χ1n) is 5.80. The molecule has 0 saturated heterocycles. The number of rotatable bonds is 4. The van der Waals surface area contributed by atoms with E-state index in [2.05, 4.69) is 10.3 Å². The minimum Gasteiger partial charge on any atom is -0.479 e. The summed E-state index contributed by atoms with van der Waals surface area (Å²) in [6.45, 7) is -0.435. The van der Waals surface area contributed by atoms with E-state index in [0.29, 0.717) is 10.9 Å². The van der Waals surface area contributed by atoms with Gasteiger partial charge in [0.05, 0.1) is 12.1 Å². The first-order valence-corrected chi connectivity index (χ1v) is 5.80. The zero-order valence-corrected chi connectivity index (χ0v) is 10.3. The van der Waals surface area contributed by atoms with Crippen LogP contribution in [0, 0.1) is 0 Å². The van der Waals surface area contributed by atoms with Crippen LogP contribution in [0.3, 0.4) is 0 Å². The summed E-state index contributed by atoms with van der Waals surface area (Å²) in [6, 6.07) is 7.87. The number of pyridine rings is 1. The number of aliphatic hydroxyl groups is 1. The number of H-pyrrole nitrogens is 1. The van der Waals surface area contributed by atoms with E-state index in [1.807, 2.05) is 0 Å². The fourth-order valence-electron chi connectivity index (χ4n) is 1.76. The summed E-state index contributed by atoms with van der Waals surface area (Å²) < 4.78 is 0. The summed E-state index contributed by atoms with van der Waals surface area (Å²) in [5, 5.41) is 20.4. The molecule has 4 N–H and O–H groups in total. The van der Waals surface area contributed by atoms with Crippen molar-refractivity contribution in [3.8, 4) is 0 Å². The second kappa shape index (κ2) is 5.54. The molecule has 1 amide bonds. The molecule has 0 aliphatic carbocycles. The minimum atomic E-state index is -1.69. The smallest absolute Gasteiger partial charge is 0.334 e. The van der Waals surface area contributed by atoms with Gasteiger partial charge >= 0.3 is 5.97 Å². The molecule has 0 aliphatic rings. The van der Waals surface area contributed by atoms with Crippen LogP contribution < -0.4 is 10.9 Å². The lowest BCUT2D eigenvalue weighted by molar-refractivity contribution is -0.146. The van der Waals surface area contributed by atoms with Gasteiger partial charge in [-0.15, -0.1) is 0 Å². The van der Waals surface area contributed by atoms with Crippen LogP contribution in [0.2, 0.25) is 0 Å². The summed E-state index contributed by atoms with van der Waals surface area (Å²) in [4.78, 5) is 36.5.